The number of halogens is 1. The molecule has 0 radical (unpaired) electrons. The van der Waals surface area contributed by atoms with E-state index < -0.39 is 0 Å². The second-order valence-corrected chi connectivity index (χ2v) is 8.22. The van der Waals surface area contributed by atoms with E-state index in [1.54, 1.807) is 11.9 Å². The average molecular weight is 406 g/mol. The van der Waals surface area contributed by atoms with Crippen LogP contribution in [0.15, 0.2) is 24.3 Å². The molecule has 3 aliphatic rings. The van der Waals surface area contributed by atoms with E-state index in [1.807, 2.05) is 24.3 Å². The summed E-state index contributed by atoms with van der Waals surface area (Å²) in [4.78, 5) is 33.7. The van der Waals surface area contributed by atoms with Gasteiger partial charge >= 0.3 is 6.03 Å². The number of urea groups is 1. The van der Waals surface area contributed by atoms with Crippen molar-refractivity contribution in [3.05, 3.63) is 29.3 Å². The Labute approximate surface area is 171 Å². The molecule has 3 heterocycles. The molecule has 0 aliphatic carbocycles. The monoisotopic (exact) mass is 405 g/mol. The van der Waals surface area contributed by atoms with Crippen molar-refractivity contribution in [2.24, 2.45) is 0 Å². The summed E-state index contributed by atoms with van der Waals surface area (Å²) in [6, 6.07) is 7.23. The summed E-state index contributed by atoms with van der Waals surface area (Å²) in [7, 11) is 1.79. The molecule has 1 N–H and O–H groups in total. The minimum atomic E-state index is -0.343. The van der Waals surface area contributed by atoms with Gasteiger partial charge in [-0.15, -0.1) is 0 Å². The van der Waals surface area contributed by atoms with Gasteiger partial charge in [0.05, 0.1) is 0 Å². The Bertz CT molecular complexity index is 743. The van der Waals surface area contributed by atoms with Crippen LogP contribution in [0.1, 0.15) is 32.6 Å². The minimum Gasteiger partial charge on any atom is -0.343 e. The average Bonchev–Trinajstić information content (AvgIpc) is 3.09. The van der Waals surface area contributed by atoms with E-state index in [0.29, 0.717) is 11.6 Å². The predicted octanol–water partition coefficient (Wildman–Crippen LogP) is 2.52. The lowest BCUT2D eigenvalue weighted by Gasteiger charge is -2.44. The van der Waals surface area contributed by atoms with Crippen molar-refractivity contribution in [3.63, 3.8) is 0 Å². The van der Waals surface area contributed by atoms with E-state index in [4.69, 9.17) is 11.6 Å². The van der Waals surface area contributed by atoms with Crippen LogP contribution in [0.3, 0.4) is 0 Å². The molecule has 3 saturated heterocycles. The van der Waals surface area contributed by atoms with Crippen LogP contribution in [0.2, 0.25) is 5.02 Å². The van der Waals surface area contributed by atoms with Crippen molar-refractivity contribution in [2.75, 3.05) is 31.6 Å². The fraction of sp³-hybridized carbons (Fsp3) is 0.600. The molecule has 3 amide bonds. The molecular weight excluding hydrogens is 378 g/mol. The van der Waals surface area contributed by atoms with Gasteiger partial charge in [0.15, 0.2) is 0 Å². The van der Waals surface area contributed by atoms with Crippen LogP contribution < -0.4 is 10.2 Å². The van der Waals surface area contributed by atoms with Crippen LogP contribution in [-0.2, 0) is 4.79 Å². The zero-order valence-corrected chi connectivity index (χ0v) is 17.2. The quantitative estimate of drug-likeness (QED) is 0.763. The Hall–Kier alpha value is -1.83. The SMILES string of the molecule is CCCCCN1C(=O)C2C(NC3N(c4ccc(Cl)cc4)CCCN23)N(C)C1=O. The van der Waals surface area contributed by atoms with Gasteiger partial charge in [-0.3, -0.25) is 19.9 Å². The first-order valence-corrected chi connectivity index (χ1v) is 10.5. The van der Waals surface area contributed by atoms with Crippen LogP contribution in [0.5, 0.6) is 0 Å². The number of hydrogen-bond acceptors (Lipinski definition) is 5. The number of carbonyl (C=O) groups excluding carboxylic acids is 2. The normalized spacial score (nSPS) is 28.0. The molecule has 4 rings (SSSR count). The van der Waals surface area contributed by atoms with Crippen LogP contribution in [-0.4, -0.2) is 71.8 Å². The fourth-order valence-electron chi connectivity index (χ4n) is 4.54. The van der Waals surface area contributed by atoms with Gasteiger partial charge in [-0.1, -0.05) is 31.4 Å². The summed E-state index contributed by atoms with van der Waals surface area (Å²) in [5.74, 6) is -0.0721. The maximum atomic E-state index is 13.3. The van der Waals surface area contributed by atoms with Crippen LogP contribution >= 0.6 is 11.6 Å². The molecule has 0 spiro atoms. The van der Waals surface area contributed by atoms with E-state index in [0.717, 1.165) is 44.5 Å². The highest BCUT2D eigenvalue weighted by molar-refractivity contribution is 6.30. The molecule has 28 heavy (non-hydrogen) atoms. The van der Waals surface area contributed by atoms with E-state index in [9.17, 15) is 9.59 Å². The molecule has 0 aromatic heterocycles. The van der Waals surface area contributed by atoms with Gasteiger partial charge in [-0.25, -0.2) is 4.79 Å². The molecule has 1 aromatic carbocycles. The number of rotatable bonds is 5. The number of unbranched alkanes of at least 4 members (excludes halogenated alkanes) is 2. The zero-order chi connectivity index (χ0) is 19.8. The summed E-state index contributed by atoms with van der Waals surface area (Å²) in [6.45, 7) is 4.34. The fourth-order valence-corrected chi connectivity index (χ4v) is 4.67. The lowest BCUT2D eigenvalue weighted by molar-refractivity contribution is -0.138. The summed E-state index contributed by atoms with van der Waals surface area (Å²) >= 11 is 6.04. The molecule has 0 saturated carbocycles. The Kier molecular flexibility index (Phi) is 5.49. The van der Waals surface area contributed by atoms with Crippen molar-refractivity contribution in [1.82, 2.24) is 20.0 Å². The molecule has 0 bridgehead atoms. The van der Waals surface area contributed by atoms with Crippen LogP contribution in [0.25, 0.3) is 0 Å². The number of amides is 3. The van der Waals surface area contributed by atoms with Gasteiger partial charge in [0.25, 0.3) is 5.91 Å². The van der Waals surface area contributed by atoms with E-state index in [1.165, 1.54) is 4.90 Å². The highest BCUT2D eigenvalue weighted by Crippen LogP contribution is 2.33. The predicted molar refractivity (Wildman–Crippen MR) is 109 cm³/mol. The van der Waals surface area contributed by atoms with Crippen molar-refractivity contribution in [2.45, 2.75) is 51.1 Å². The standard InChI is InChI=1S/C20H28ClN5O2/c1-3-4-5-11-26-18(27)16-17(23(2)20(26)28)22-19-24(12-6-13-25(16)19)15-9-7-14(21)8-10-15/h7-10,16-17,19,22H,3-6,11-13H2,1-2H3. The lowest BCUT2D eigenvalue weighted by atomic mass is 10.1. The highest BCUT2D eigenvalue weighted by atomic mass is 35.5. The Morgan fingerprint density at radius 2 is 1.89 bits per heavy atom. The van der Waals surface area contributed by atoms with Gasteiger partial charge in [0.2, 0.25) is 0 Å². The third-order valence-electron chi connectivity index (χ3n) is 6.01. The number of nitrogens with one attached hydrogen (secondary N) is 1. The number of imide groups is 1. The van der Waals surface area contributed by atoms with E-state index in [-0.39, 0.29) is 30.4 Å². The summed E-state index contributed by atoms with van der Waals surface area (Å²) in [5, 5.41) is 4.24. The van der Waals surface area contributed by atoms with Crippen molar-refractivity contribution in [1.29, 1.82) is 0 Å². The molecule has 3 fully saturated rings. The molecule has 3 aliphatic heterocycles. The second kappa shape index (κ2) is 7.89. The van der Waals surface area contributed by atoms with Gasteiger partial charge in [0.1, 0.15) is 18.5 Å². The largest absolute Gasteiger partial charge is 0.343 e. The number of anilines is 1. The maximum Gasteiger partial charge on any atom is 0.327 e. The van der Waals surface area contributed by atoms with Crippen molar-refractivity contribution in [3.8, 4) is 0 Å². The van der Waals surface area contributed by atoms with Crippen LogP contribution in [0.4, 0.5) is 10.5 Å². The first kappa shape index (κ1) is 19.5. The topological polar surface area (TPSA) is 59.1 Å². The third kappa shape index (κ3) is 3.25. The first-order chi connectivity index (χ1) is 13.5. The Morgan fingerprint density at radius 3 is 2.61 bits per heavy atom. The van der Waals surface area contributed by atoms with Gasteiger partial charge in [0, 0.05) is 37.4 Å². The third-order valence-corrected chi connectivity index (χ3v) is 6.27. The number of benzene rings is 1. The van der Waals surface area contributed by atoms with E-state index in [2.05, 4.69) is 22.0 Å². The van der Waals surface area contributed by atoms with Gasteiger partial charge in [-0.2, -0.15) is 0 Å². The molecule has 7 nitrogen and oxygen atoms in total. The first-order valence-electron chi connectivity index (χ1n) is 10.1. The second-order valence-electron chi connectivity index (χ2n) is 7.78. The molecule has 152 valence electrons. The minimum absolute atomic E-state index is 0.0721. The Balaban J connectivity index is 1.58. The summed E-state index contributed by atoms with van der Waals surface area (Å²) < 4.78 is 0. The van der Waals surface area contributed by atoms with Gasteiger partial charge in [-0.05, 0) is 37.1 Å². The smallest absolute Gasteiger partial charge is 0.327 e. The number of hydrogen-bond donors (Lipinski definition) is 1. The van der Waals surface area contributed by atoms with E-state index >= 15 is 0 Å². The lowest BCUT2D eigenvalue weighted by Crippen LogP contribution is -2.66. The molecular formula is C20H28ClN5O2. The number of carbonyl (C=O) groups is 2. The molecule has 8 heteroatoms. The maximum absolute atomic E-state index is 13.3. The number of nitrogens with zero attached hydrogens (tertiary/aromatic N) is 4. The molecule has 3 atom stereocenters. The Morgan fingerprint density at radius 1 is 1.14 bits per heavy atom. The summed E-state index contributed by atoms with van der Waals surface area (Å²) in [6.07, 6.45) is 3.48. The summed E-state index contributed by atoms with van der Waals surface area (Å²) in [5.41, 5.74) is 1.06. The molecule has 3 unspecified atom stereocenters. The van der Waals surface area contributed by atoms with Crippen molar-refractivity contribution >= 4 is 29.2 Å². The highest BCUT2D eigenvalue weighted by Gasteiger charge is 2.55. The zero-order valence-electron chi connectivity index (χ0n) is 16.5. The molecule has 1 aromatic rings. The van der Waals surface area contributed by atoms with Gasteiger partial charge < -0.3 is 9.80 Å². The van der Waals surface area contributed by atoms with Crippen LogP contribution in [0, 0.1) is 0 Å². The number of likely N-dealkylation sites (N-methyl/N-ethyl adjacent to an activating group) is 1. The number of fused-ring (bicyclic) bond motifs is 3. The van der Waals surface area contributed by atoms with Crippen molar-refractivity contribution < 1.29 is 9.59 Å².